The van der Waals surface area contributed by atoms with Gasteiger partial charge in [-0.1, -0.05) is 60.3 Å². The van der Waals surface area contributed by atoms with E-state index in [2.05, 4.69) is 34.6 Å². The van der Waals surface area contributed by atoms with Crippen LogP contribution in [-0.2, 0) is 11.2 Å². The fourth-order valence-corrected chi connectivity index (χ4v) is 4.38. The van der Waals surface area contributed by atoms with Gasteiger partial charge in [0.15, 0.2) is 0 Å². The Morgan fingerprint density at radius 1 is 1.03 bits per heavy atom. The van der Waals surface area contributed by atoms with Crippen LogP contribution in [0.5, 0.6) is 5.75 Å². The van der Waals surface area contributed by atoms with E-state index in [4.69, 9.17) is 39.5 Å². The Morgan fingerprint density at radius 3 is 2.43 bits per heavy atom. The van der Waals surface area contributed by atoms with Crippen molar-refractivity contribution in [2.24, 2.45) is 0 Å². The molecule has 0 bridgehead atoms. The first kappa shape index (κ1) is 25.0. The first-order chi connectivity index (χ1) is 16.9. The summed E-state index contributed by atoms with van der Waals surface area (Å²) in [7, 11) is 1.50. The van der Waals surface area contributed by atoms with Gasteiger partial charge < -0.3 is 10.1 Å². The lowest BCUT2D eigenvalue weighted by molar-refractivity contribution is -0.111. The third-order valence-corrected chi connectivity index (χ3v) is 6.18. The van der Waals surface area contributed by atoms with Gasteiger partial charge in [-0.05, 0) is 60.9 Å². The van der Waals surface area contributed by atoms with E-state index in [9.17, 15) is 4.79 Å². The average Bonchev–Trinajstić information content (AvgIpc) is 3.24. The molecule has 0 fully saturated rings. The molecule has 0 aliphatic heterocycles. The summed E-state index contributed by atoms with van der Waals surface area (Å²) in [6.07, 6.45) is 6.29. The molecule has 180 valence electrons. The number of carbonyl (C=O) groups is 1. The molecule has 0 aliphatic rings. The molecule has 9 heteroatoms. The maximum Gasteiger partial charge on any atom is 0.248 e. The summed E-state index contributed by atoms with van der Waals surface area (Å²) in [6.45, 7) is 2.18. The molecule has 4 rings (SSSR count). The van der Waals surface area contributed by atoms with Gasteiger partial charge in [-0.3, -0.25) is 4.79 Å². The highest BCUT2D eigenvalue weighted by molar-refractivity contribution is 6.36. The van der Waals surface area contributed by atoms with Crippen molar-refractivity contribution in [2.75, 3.05) is 12.4 Å². The summed E-state index contributed by atoms with van der Waals surface area (Å²) >= 11 is 18.6. The van der Waals surface area contributed by atoms with Gasteiger partial charge in [0.05, 0.1) is 28.5 Å². The number of ether oxygens (including phenoxy) is 1. The fraction of sp³-hybridized carbons (Fsp3) is 0.192. The number of hydrogen-bond donors (Lipinski definition) is 1. The minimum absolute atomic E-state index is 0.351. The van der Waals surface area contributed by atoms with Crippen LogP contribution in [-0.4, -0.2) is 28.0 Å². The lowest BCUT2D eigenvalue weighted by Crippen LogP contribution is -2.08. The van der Waals surface area contributed by atoms with Crippen LogP contribution in [0.15, 0.2) is 54.6 Å². The number of rotatable bonds is 8. The number of carbonyl (C=O) groups excluding carboxylic acids is 1. The predicted octanol–water partition coefficient (Wildman–Crippen LogP) is 7.38. The summed E-state index contributed by atoms with van der Waals surface area (Å²) in [5, 5.41) is 13.0. The molecule has 1 N–H and O–H groups in total. The van der Waals surface area contributed by atoms with Crippen LogP contribution < -0.4 is 10.1 Å². The molecule has 0 saturated heterocycles. The molecule has 1 heterocycles. The Bertz CT molecular complexity index is 1400. The molecule has 0 saturated carbocycles. The number of methoxy groups -OCH3 is 1. The summed E-state index contributed by atoms with van der Waals surface area (Å²) in [4.78, 5) is 14.1. The Morgan fingerprint density at radius 2 is 1.74 bits per heavy atom. The molecule has 4 aromatic rings. The van der Waals surface area contributed by atoms with Crippen molar-refractivity contribution >= 4 is 63.5 Å². The van der Waals surface area contributed by atoms with Crippen LogP contribution >= 0.6 is 34.8 Å². The van der Waals surface area contributed by atoms with E-state index >= 15 is 0 Å². The number of nitrogens with zero attached hydrogens (tertiary/aromatic N) is 3. The monoisotopic (exact) mass is 528 g/mol. The second-order valence-corrected chi connectivity index (χ2v) is 9.16. The summed E-state index contributed by atoms with van der Waals surface area (Å²) in [5.74, 6) is 0.0361. The van der Waals surface area contributed by atoms with Crippen molar-refractivity contribution in [3.05, 3.63) is 80.8 Å². The maximum atomic E-state index is 12.6. The molecular formula is C26H23Cl3N4O2. The van der Waals surface area contributed by atoms with Crippen molar-refractivity contribution in [3.63, 3.8) is 0 Å². The van der Waals surface area contributed by atoms with Crippen LogP contribution in [0.4, 0.5) is 5.69 Å². The van der Waals surface area contributed by atoms with Crippen LogP contribution in [0.1, 0.15) is 30.9 Å². The molecule has 0 spiro atoms. The van der Waals surface area contributed by atoms with Crippen molar-refractivity contribution in [1.82, 2.24) is 15.0 Å². The van der Waals surface area contributed by atoms with Gasteiger partial charge in [-0.15, -0.1) is 10.2 Å². The first-order valence-electron chi connectivity index (χ1n) is 11.1. The number of benzene rings is 3. The quantitative estimate of drug-likeness (QED) is 0.242. The second kappa shape index (κ2) is 11.1. The van der Waals surface area contributed by atoms with Gasteiger partial charge in [-0.2, -0.15) is 4.80 Å². The Balaban J connectivity index is 1.53. The van der Waals surface area contributed by atoms with E-state index < -0.39 is 0 Å². The third kappa shape index (κ3) is 5.96. The summed E-state index contributed by atoms with van der Waals surface area (Å²) in [6, 6.07) is 14.8. The highest BCUT2D eigenvalue weighted by Gasteiger charge is 2.12. The Hall–Kier alpha value is -3.06. The summed E-state index contributed by atoms with van der Waals surface area (Å²) in [5.41, 5.74) is 4.35. The standard InChI is InChI=1S/C26H23Cl3N4O2/c1-3-4-5-16-6-9-19(10-7-16)33-31-23-14-20(28)22(15-24(23)32-33)30-25(34)11-8-17-12-18(27)13-21(29)26(17)35-2/h6-15H,3-5H2,1-2H3,(H,30,34)/b11-8+. The Kier molecular flexibility index (Phi) is 7.96. The number of nitrogens with one attached hydrogen (secondary N) is 1. The minimum Gasteiger partial charge on any atom is -0.495 e. The van der Waals surface area contributed by atoms with Gasteiger partial charge in [0.25, 0.3) is 0 Å². The van der Waals surface area contributed by atoms with E-state index in [0.717, 1.165) is 24.9 Å². The van der Waals surface area contributed by atoms with Crippen LogP contribution in [0, 0.1) is 0 Å². The molecule has 3 aromatic carbocycles. The van der Waals surface area contributed by atoms with E-state index in [1.54, 1.807) is 35.1 Å². The molecule has 1 aromatic heterocycles. The SMILES string of the molecule is CCCCc1ccc(-n2nc3cc(Cl)c(NC(=O)/C=C/c4cc(Cl)cc(Cl)c4OC)cc3n2)cc1. The van der Waals surface area contributed by atoms with E-state index in [0.29, 0.717) is 43.1 Å². The number of aromatic nitrogens is 3. The van der Waals surface area contributed by atoms with Gasteiger partial charge in [-0.25, -0.2) is 0 Å². The normalized spacial score (nSPS) is 11.3. The number of unbranched alkanes of at least 4 members (excludes halogenated alkanes) is 1. The largest absolute Gasteiger partial charge is 0.495 e. The van der Waals surface area contributed by atoms with E-state index in [1.807, 2.05) is 12.1 Å². The number of fused-ring (bicyclic) bond motifs is 1. The third-order valence-electron chi connectivity index (χ3n) is 5.37. The zero-order valence-corrected chi connectivity index (χ0v) is 21.5. The average molecular weight is 530 g/mol. The fourth-order valence-electron chi connectivity index (χ4n) is 3.59. The van der Waals surface area contributed by atoms with Gasteiger partial charge in [0.2, 0.25) is 5.91 Å². The highest BCUT2D eigenvalue weighted by atomic mass is 35.5. The zero-order valence-electron chi connectivity index (χ0n) is 19.2. The molecular weight excluding hydrogens is 507 g/mol. The van der Waals surface area contributed by atoms with Crippen LogP contribution in [0.25, 0.3) is 22.8 Å². The smallest absolute Gasteiger partial charge is 0.248 e. The molecule has 0 aliphatic carbocycles. The molecule has 0 unspecified atom stereocenters. The number of hydrogen-bond acceptors (Lipinski definition) is 4. The van der Waals surface area contributed by atoms with Crippen molar-refractivity contribution in [2.45, 2.75) is 26.2 Å². The van der Waals surface area contributed by atoms with Gasteiger partial charge in [0, 0.05) is 16.7 Å². The summed E-state index contributed by atoms with van der Waals surface area (Å²) < 4.78 is 5.30. The molecule has 0 atom stereocenters. The van der Waals surface area contributed by atoms with Crippen molar-refractivity contribution in [1.29, 1.82) is 0 Å². The topological polar surface area (TPSA) is 69.0 Å². The second-order valence-electron chi connectivity index (χ2n) is 7.91. The molecule has 0 radical (unpaired) electrons. The van der Waals surface area contributed by atoms with Crippen molar-refractivity contribution < 1.29 is 9.53 Å². The predicted molar refractivity (Wildman–Crippen MR) is 143 cm³/mol. The molecule has 35 heavy (non-hydrogen) atoms. The van der Waals surface area contributed by atoms with Crippen molar-refractivity contribution in [3.8, 4) is 11.4 Å². The number of amides is 1. The van der Waals surface area contributed by atoms with E-state index in [-0.39, 0.29) is 5.91 Å². The first-order valence-corrected chi connectivity index (χ1v) is 12.2. The lowest BCUT2D eigenvalue weighted by Gasteiger charge is -2.08. The number of anilines is 1. The number of aryl methyl sites for hydroxylation is 1. The number of halogens is 3. The molecule has 1 amide bonds. The lowest BCUT2D eigenvalue weighted by atomic mass is 10.1. The Labute approximate surface area is 218 Å². The van der Waals surface area contributed by atoms with Gasteiger partial charge >= 0.3 is 0 Å². The van der Waals surface area contributed by atoms with Gasteiger partial charge in [0.1, 0.15) is 16.8 Å². The minimum atomic E-state index is -0.389. The maximum absolute atomic E-state index is 12.6. The van der Waals surface area contributed by atoms with E-state index in [1.165, 1.54) is 18.7 Å². The zero-order chi connectivity index (χ0) is 24.9. The van der Waals surface area contributed by atoms with Crippen LogP contribution in [0.2, 0.25) is 15.1 Å². The van der Waals surface area contributed by atoms with Crippen LogP contribution in [0.3, 0.4) is 0 Å². The molecule has 6 nitrogen and oxygen atoms in total. The highest BCUT2D eigenvalue weighted by Crippen LogP contribution is 2.33.